The van der Waals surface area contributed by atoms with Crippen LogP contribution < -0.4 is 0 Å². The molecule has 2 atom stereocenters. The van der Waals surface area contributed by atoms with Crippen LogP contribution in [0.5, 0.6) is 0 Å². The van der Waals surface area contributed by atoms with Gasteiger partial charge >= 0.3 is 0 Å². The zero-order valence-corrected chi connectivity index (χ0v) is 26.6. The predicted octanol–water partition coefficient (Wildman–Crippen LogP) is 10.0. The van der Waals surface area contributed by atoms with Crippen LogP contribution >= 0.6 is 0 Å². The number of hydrogen-bond donors (Lipinski definition) is 0. The molecular weight excluding hydrogens is 484 g/mol. The number of hydrogen-bond acceptors (Lipinski definition) is 2. The van der Waals surface area contributed by atoms with Gasteiger partial charge in [-0.3, -0.25) is 4.90 Å². The summed E-state index contributed by atoms with van der Waals surface area (Å²) in [4.78, 5) is 5.04. The van der Waals surface area contributed by atoms with Gasteiger partial charge in [-0.1, -0.05) is 108 Å². The van der Waals surface area contributed by atoms with Gasteiger partial charge in [0, 0.05) is 12.1 Å². The minimum absolute atomic E-state index is 0.633. The second-order valence-corrected chi connectivity index (χ2v) is 10.7. The number of allylic oxidation sites excluding steroid dienone is 3. The summed E-state index contributed by atoms with van der Waals surface area (Å²) in [6.07, 6.45) is 12.3. The second-order valence-electron chi connectivity index (χ2n) is 10.7. The first-order valence-electron chi connectivity index (χ1n) is 16.1. The monoisotopic (exact) mass is 538 g/mol. The molecule has 0 amide bonds. The zero-order valence-electron chi connectivity index (χ0n) is 26.6. The van der Waals surface area contributed by atoms with Crippen molar-refractivity contribution in [3.8, 4) is 11.1 Å². The molecular formula is C38H54N2. The molecule has 3 aliphatic rings. The Bertz CT molecular complexity index is 1270. The molecule has 0 saturated carbocycles. The summed E-state index contributed by atoms with van der Waals surface area (Å²) in [5, 5.41) is 2.71. The Morgan fingerprint density at radius 1 is 0.700 bits per heavy atom. The molecule has 0 radical (unpaired) electrons. The van der Waals surface area contributed by atoms with E-state index in [4.69, 9.17) is 0 Å². The van der Waals surface area contributed by atoms with Gasteiger partial charge in [-0.05, 0) is 116 Å². The van der Waals surface area contributed by atoms with Crippen molar-refractivity contribution in [1.29, 1.82) is 0 Å². The third-order valence-corrected chi connectivity index (χ3v) is 8.47. The molecule has 2 heterocycles. The smallest absolute Gasteiger partial charge is 0.0311 e. The minimum Gasteiger partial charge on any atom is -0.303 e. The summed E-state index contributed by atoms with van der Waals surface area (Å²) in [5.41, 5.74) is 8.53. The third kappa shape index (κ3) is 7.33. The van der Waals surface area contributed by atoms with Crippen LogP contribution in [-0.2, 0) is 6.42 Å². The third-order valence-electron chi connectivity index (χ3n) is 8.47. The molecule has 0 spiro atoms. The fourth-order valence-corrected chi connectivity index (χ4v) is 6.46. The first-order valence-corrected chi connectivity index (χ1v) is 16.1. The van der Waals surface area contributed by atoms with E-state index in [1.54, 1.807) is 5.57 Å². The van der Waals surface area contributed by atoms with E-state index in [1.165, 1.54) is 77.4 Å². The van der Waals surface area contributed by atoms with Crippen molar-refractivity contribution in [1.82, 2.24) is 9.80 Å². The normalized spacial score (nSPS) is 20.5. The molecule has 2 saturated heterocycles. The number of benzene rings is 3. The molecule has 40 heavy (non-hydrogen) atoms. The lowest BCUT2D eigenvalue weighted by Crippen LogP contribution is -2.26. The van der Waals surface area contributed by atoms with Gasteiger partial charge in [0.2, 0.25) is 0 Å². The SMILES string of the molecule is CC.CC.CC.CN1CCCC1Cc1ccc2c(-c3cccc(C4=CC=C(C5CCCN5C)C4)c3)cccc2c1. The average Bonchev–Trinajstić information content (AvgIpc) is 3.77. The highest BCUT2D eigenvalue weighted by atomic mass is 15.1. The fourth-order valence-electron chi connectivity index (χ4n) is 6.46. The van der Waals surface area contributed by atoms with E-state index in [1.807, 2.05) is 41.5 Å². The van der Waals surface area contributed by atoms with Crippen molar-refractivity contribution >= 4 is 16.3 Å². The van der Waals surface area contributed by atoms with Crippen LogP contribution in [0.25, 0.3) is 27.5 Å². The Hall–Kier alpha value is -2.68. The van der Waals surface area contributed by atoms with Crippen molar-refractivity contribution in [2.75, 3.05) is 27.2 Å². The van der Waals surface area contributed by atoms with E-state index in [-0.39, 0.29) is 0 Å². The summed E-state index contributed by atoms with van der Waals surface area (Å²) in [6, 6.07) is 24.4. The number of likely N-dealkylation sites (N-methyl/N-ethyl adjacent to an activating group) is 2. The van der Waals surface area contributed by atoms with Gasteiger partial charge < -0.3 is 4.90 Å². The van der Waals surface area contributed by atoms with E-state index in [9.17, 15) is 0 Å². The maximum absolute atomic E-state index is 2.52. The summed E-state index contributed by atoms with van der Waals surface area (Å²) in [7, 11) is 4.54. The highest BCUT2D eigenvalue weighted by Crippen LogP contribution is 2.37. The summed E-state index contributed by atoms with van der Waals surface area (Å²) >= 11 is 0. The lowest BCUT2D eigenvalue weighted by molar-refractivity contribution is 0.309. The maximum atomic E-state index is 2.52. The average molecular weight is 539 g/mol. The van der Waals surface area contributed by atoms with Crippen molar-refractivity contribution in [3.63, 3.8) is 0 Å². The van der Waals surface area contributed by atoms with E-state index in [2.05, 4.69) is 96.7 Å². The van der Waals surface area contributed by atoms with Crippen molar-refractivity contribution in [3.05, 3.63) is 89.5 Å². The molecule has 2 nitrogen and oxygen atoms in total. The molecule has 2 unspecified atom stereocenters. The Labute approximate surface area is 245 Å². The summed E-state index contributed by atoms with van der Waals surface area (Å²) < 4.78 is 0. The number of fused-ring (bicyclic) bond motifs is 1. The Balaban J connectivity index is 0.000000691. The molecule has 0 aromatic heterocycles. The molecule has 216 valence electrons. The maximum Gasteiger partial charge on any atom is 0.0311 e. The van der Waals surface area contributed by atoms with Gasteiger partial charge in [-0.25, -0.2) is 0 Å². The van der Waals surface area contributed by atoms with Crippen molar-refractivity contribution < 1.29 is 0 Å². The molecule has 0 N–H and O–H groups in total. The van der Waals surface area contributed by atoms with Gasteiger partial charge in [-0.2, -0.15) is 0 Å². The van der Waals surface area contributed by atoms with Gasteiger partial charge in [0.15, 0.2) is 0 Å². The topological polar surface area (TPSA) is 6.48 Å². The van der Waals surface area contributed by atoms with Crippen LogP contribution in [0.4, 0.5) is 0 Å². The molecule has 2 aliphatic heterocycles. The molecule has 3 aromatic rings. The lowest BCUT2D eigenvalue weighted by Gasteiger charge is -2.21. The predicted molar refractivity (Wildman–Crippen MR) is 179 cm³/mol. The Morgan fingerprint density at radius 3 is 2.10 bits per heavy atom. The van der Waals surface area contributed by atoms with Gasteiger partial charge in [0.25, 0.3) is 0 Å². The highest BCUT2D eigenvalue weighted by molar-refractivity contribution is 5.97. The largest absolute Gasteiger partial charge is 0.303 e. The molecule has 1 aliphatic carbocycles. The van der Waals surface area contributed by atoms with Crippen molar-refractivity contribution in [2.45, 2.75) is 92.2 Å². The molecule has 3 aromatic carbocycles. The lowest BCUT2D eigenvalue weighted by atomic mass is 9.92. The standard InChI is InChI=1S/C32H36N2.3C2H6/c1-33-17-5-10-29(33)20-23-13-16-31-26(19-23)9-4-11-30(31)27-8-3-7-24(21-27)25-14-15-28(22-25)32-12-6-18-34(32)2;3*1-2/h3-4,7-9,11,13-16,19,21,29,32H,5-6,10,12,17-18,20,22H2,1-2H3;3*1-2H3. The number of likely N-dealkylation sites (tertiary alicyclic amines) is 2. The second kappa shape index (κ2) is 15.9. The van der Waals surface area contributed by atoms with Crippen LogP contribution in [0, 0.1) is 0 Å². The molecule has 2 heteroatoms. The van der Waals surface area contributed by atoms with Crippen LogP contribution in [-0.4, -0.2) is 49.1 Å². The Kier molecular flexibility index (Phi) is 12.7. The molecule has 2 fully saturated rings. The highest BCUT2D eigenvalue weighted by Gasteiger charge is 2.26. The summed E-state index contributed by atoms with van der Waals surface area (Å²) in [6.45, 7) is 14.5. The minimum atomic E-state index is 0.633. The molecule has 6 rings (SSSR count). The molecule has 0 bridgehead atoms. The number of nitrogens with zero attached hydrogens (tertiary/aromatic N) is 2. The van der Waals surface area contributed by atoms with Crippen LogP contribution in [0.1, 0.15) is 84.8 Å². The summed E-state index contributed by atoms with van der Waals surface area (Å²) in [5.74, 6) is 0. The number of rotatable bonds is 5. The van der Waals surface area contributed by atoms with Crippen molar-refractivity contribution in [2.24, 2.45) is 0 Å². The first kappa shape index (κ1) is 31.8. The van der Waals surface area contributed by atoms with Crippen LogP contribution in [0.2, 0.25) is 0 Å². The quantitative estimate of drug-likeness (QED) is 0.319. The van der Waals surface area contributed by atoms with Crippen LogP contribution in [0.15, 0.2) is 78.4 Å². The van der Waals surface area contributed by atoms with E-state index in [0.717, 1.165) is 12.8 Å². The van der Waals surface area contributed by atoms with E-state index in [0.29, 0.717) is 12.1 Å². The van der Waals surface area contributed by atoms with Gasteiger partial charge in [0.05, 0.1) is 0 Å². The van der Waals surface area contributed by atoms with Crippen LogP contribution in [0.3, 0.4) is 0 Å². The fraction of sp³-hybridized carbons (Fsp3) is 0.474. The first-order chi connectivity index (χ1) is 19.7. The zero-order chi connectivity index (χ0) is 29.1. The Morgan fingerprint density at radius 2 is 1.40 bits per heavy atom. The van der Waals surface area contributed by atoms with E-state index >= 15 is 0 Å². The van der Waals surface area contributed by atoms with Gasteiger partial charge in [0.1, 0.15) is 0 Å². The van der Waals surface area contributed by atoms with E-state index < -0.39 is 0 Å². The van der Waals surface area contributed by atoms with Gasteiger partial charge in [-0.15, -0.1) is 0 Å².